The molecule has 0 bridgehead atoms. The number of hydrogen-bond donors (Lipinski definition) is 4. The lowest BCUT2D eigenvalue weighted by molar-refractivity contribution is 0.0845. The molecule has 4 N–H and O–H groups in total. The minimum Gasteiger partial charge on any atom is -0.333 e. The fraction of sp³-hybridized carbons (Fsp3) is 0.0435. The number of imidazole rings is 1. The fourth-order valence-corrected chi connectivity index (χ4v) is 4.12. The molecule has 0 saturated heterocycles. The van der Waals surface area contributed by atoms with Crippen molar-refractivity contribution in [1.82, 2.24) is 31.0 Å². The number of para-hydroxylation sites is 3. The van der Waals surface area contributed by atoms with Gasteiger partial charge >= 0.3 is 0 Å². The van der Waals surface area contributed by atoms with Gasteiger partial charge in [-0.15, -0.1) is 0 Å². The van der Waals surface area contributed by atoms with Crippen LogP contribution in [0.1, 0.15) is 26.4 Å². The van der Waals surface area contributed by atoms with Crippen LogP contribution in [-0.2, 0) is 5.75 Å². The van der Waals surface area contributed by atoms with Crippen LogP contribution in [0.3, 0.4) is 0 Å². The van der Waals surface area contributed by atoms with E-state index in [4.69, 9.17) is 0 Å². The molecule has 32 heavy (non-hydrogen) atoms. The van der Waals surface area contributed by atoms with Gasteiger partial charge in [0, 0.05) is 16.7 Å². The quantitative estimate of drug-likeness (QED) is 0.244. The summed E-state index contributed by atoms with van der Waals surface area (Å²) in [7, 11) is 0. The predicted octanol–water partition coefficient (Wildman–Crippen LogP) is 3.81. The third kappa shape index (κ3) is 4.06. The lowest BCUT2D eigenvalue weighted by Crippen LogP contribution is -2.41. The van der Waals surface area contributed by atoms with Crippen molar-refractivity contribution in [2.24, 2.45) is 0 Å². The first-order valence-electron chi connectivity index (χ1n) is 9.88. The van der Waals surface area contributed by atoms with E-state index in [1.54, 1.807) is 30.0 Å². The number of amides is 2. The Morgan fingerprint density at radius 1 is 0.844 bits per heavy atom. The predicted molar refractivity (Wildman–Crippen MR) is 123 cm³/mol. The van der Waals surface area contributed by atoms with Crippen molar-refractivity contribution in [2.45, 2.75) is 10.9 Å². The van der Waals surface area contributed by atoms with Gasteiger partial charge in [-0.1, -0.05) is 54.2 Å². The average Bonchev–Trinajstić information content (AvgIpc) is 3.45. The highest BCUT2D eigenvalue weighted by molar-refractivity contribution is 7.98. The summed E-state index contributed by atoms with van der Waals surface area (Å²) >= 11 is 1.59. The lowest BCUT2D eigenvalue weighted by atomic mass is 10.1. The first kappa shape index (κ1) is 19.8. The Kier molecular flexibility index (Phi) is 5.30. The zero-order valence-electron chi connectivity index (χ0n) is 16.8. The van der Waals surface area contributed by atoms with Crippen molar-refractivity contribution < 1.29 is 9.59 Å². The number of aromatic amines is 2. The van der Waals surface area contributed by atoms with Crippen LogP contribution in [0.25, 0.3) is 21.9 Å². The number of H-pyrrole nitrogens is 2. The summed E-state index contributed by atoms with van der Waals surface area (Å²) in [5.41, 5.74) is 9.25. The molecule has 8 nitrogen and oxygen atoms in total. The lowest BCUT2D eigenvalue weighted by Gasteiger charge is -2.07. The summed E-state index contributed by atoms with van der Waals surface area (Å²) in [6.07, 6.45) is 0. The van der Waals surface area contributed by atoms with E-state index in [9.17, 15) is 9.59 Å². The third-order valence-electron chi connectivity index (χ3n) is 4.93. The van der Waals surface area contributed by atoms with Gasteiger partial charge in [-0.2, -0.15) is 5.10 Å². The highest BCUT2D eigenvalue weighted by atomic mass is 32.2. The molecule has 5 rings (SSSR count). The topological polar surface area (TPSA) is 116 Å². The van der Waals surface area contributed by atoms with Crippen molar-refractivity contribution in [2.75, 3.05) is 0 Å². The highest BCUT2D eigenvalue weighted by Gasteiger charge is 2.15. The molecule has 0 aliphatic heterocycles. The molecule has 0 aliphatic rings. The summed E-state index contributed by atoms with van der Waals surface area (Å²) in [4.78, 5) is 32.6. The molecule has 0 radical (unpaired) electrons. The maximum absolute atomic E-state index is 12.4. The maximum Gasteiger partial charge on any atom is 0.290 e. The summed E-state index contributed by atoms with van der Waals surface area (Å²) in [6, 6.07) is 22.4. The van der Waals surface area contributed by atoms with Crippen LogP contribution in [0.15, 0.2) is 78.0 Å². The molecule has 0 spiro atoms. The van der Waals surface area contributed by atoms with Crippen molar-refractivity contribution in [3.63, 3.8) is 0 Å². The number of benzene rings is 3. The number of nitrogens with one attached hydrogen (secondary N) is 4. The van der Waals surface area contributed by atoms with E-state index in [1.165, 1.54) is 0 Å². The minimum atomic E-state index is -0.491. The van der Waals surface area contributed by atoms with Crippen LogP contribution >= 0.6 is 11.8 Å². The van der Waals surface area contributed by atoms with Crippen LogP contribution in [0.5, 0.6) is 0 Å². The van der Waals surface area contributed by atoms with E-state index in [2.05, 4.69) is 31.0 Å². The molecule has 2 amide bonds. The zero-order chi connectivity index (χ0) is 21.9. The molecule has 5 aromatic rings. The number of rotatable bonds is 5. The molecule has 0 fully saturated rings. The Balaban J connectivity index is 1.17. The van der Waals surface area contributed by atoms with Gasteiger partial charge in [-0.3, -0.25) is 25.5 Å². The van der Waals surface area contributed by atoms with Crippen molar-refractivity contribution in [3.8, 4) is 0 Å². The zero-order valence-corrected chi connectivity index (χ0v) is 17.6. The molecule has 0 atom stereocenters. The van der Waals surface area contributed by atoms with Gasteiger partial charge in [0.15, 0.2) is 10.9 Å². The molecule has 2 heterocycles. The number of hydrogen-bond acceptors (Lipinski definition) is 5. The summed E-state index contributed by atoms with van der Waals surface area (Å²) < 4.78 is 0. The molecule has 158 valence electrons. The maximum atomic E-state index is 12.4. The number of nitrogens with zero attached hydrogens (tertiary/aromatic N) is 2. The Hall–Kier alpha value is -4.11. The largest absolute Gasteiger partial charge is 0.333 e. The second kappa shape index (κ2) is 8.56. The SMILES string of the molecule is O=C(NNC(=O)c1n[nH]c2ccccc12)c1ccc(CSc2nc3ccccc3[nH]2)cc1. The van der Waals surface area contributed by atoms with Crippen molar-refractivity contribution in [1.29, 1.82) is 0 Å². The van der Waals surface area contributed by atoms with Crippen molar-refractivity contribution in [3.05, 3.63) is 89.6 Å². The number of carbonyl (C=O) groups excluding carboxylic acids is 2. The molecule has 0 aliphatic carbocycles. The number of thioether (sulfide) groups is 1. The molecule has 9 heteroatoms. The van der Waals surface area contributed by atoms with E-state index in [0.29, 0.717) is 16.7 Å². The molecule has 0 unspecified atom stereocenters. The first-order chi connectivity index (χ1) is 15.7. The molecular weight excluding hydrogens is 424 g/mol. The van der Waals surface area contributed by atoms with E-state index in [-0.39, 0.29) is 5.69 Å². The average molecular weight is 443 g/mol. The van der Waals surface area contributed by atoms with Crippen LogP contribution in [0.2, 0.25) is 0 Å². The number of fused-ring (bicyclic) bond motifs is 2. The van der Waals surface area contributed by atoms with Crippen LogP contribution < -0.4 is 10.9 Å². The molecule has 2 aromatic heterocycles. The molecular formula is C23H18N6O2S. The normalized spacial score (nSPS) is 11.0. The fourth-order valence-electron chi connectivity index (χ4n) is 3.28. The van der Waals surface area contributed by atoms with Gasteiger partial charge in [0.05, 0.1) is 16.6 Å². The second-order valence-corrected chi connectivity index (χ2v) is 8.03. The molecule has 3 aromatic carbocycles. The Morgan fingerprint density at radius 3 is 2.38 bits per heavy atom. The van der Waals surface area contributed by atoms with Gasteiger partial charge in [0.25, 0.3) is 11.8 Å². The Bertz CT molecular complexity index is 1390. The number of hydrazine groups is 1. The monoisotopic (exact) mass is 442 g/mol. The van der Waals surface area contributed by atoms with Gasteiger partial charge < -0.3 is 4.98 Å². The Morgan fingerprint density at radius 2 is 1.56 bits per heavy atom. The summed E-state index contributed by atoms with van der Waals surface area (Å²) in [5.74, 6) is -0.186. The number of aromatic nitrogens is 4. The van der Waals surface area contributed by atoms with E-state index in [0.717, 1.165) is 27.3 Å². The van der Waals surface area contributed by atoms with Crippen molar-refractivity contribution >= 4 is 45.5 Å². The standard InChI is InChI=1S/C23H18N6O2S/c30-21(28-29-22(31)20-16-5-1-2-6-17(16)26-27-20)15-11-9-14(10-12-15)13-32-23-24-18-7-3-4-8-19(18)25-23/h1-12H,13H2,(H,24,25)(H,26,27)(H,28,30)(H,29,31). The van der Waals surface area contributed by atoms with Crippen LogP contribution in [-0.4, -0.2) is 32.0 Å². The van der Waals surface area contributed by atoms with Crippen LogP contribution in [0.4, 0.5) is 0 Å². The second-order valence-electron chi connectivity index (χ2n) is 7.07. The smallest absolute Gasteiger partial charge is 0.290 e. The molecule has 0 saturated carbocycles. The summed E-state index contributed by atoms with van der Waals surface area (Å²) in [5, 5.41) is 8.35. The Labute approximate surface area is 186 Å². The summed E-state index contributed by atoms with van der Waals surface area (Å²) in [6.45, 7) is 0. The van der Waals surface area contributed by atoms with Gasteiger partial charge in [-0.25, -0.2) is 4.98 Å². The van der Waals surface area contributed by atoms with Gasteiger partial charge in [0.1, 0.15) is 0 Å². The van der Waals surface area contributed by atoms with E-state index < -0.39 is 11.8 Å². The van der Waals surface area contributed by atoms with E-state index >= 15 is 0 Å². The van der Waals surface area contributed by atoms with Gasteiger partial charge in [-0.05, 0) is 35.9 Å². The third-order valence-corrected chi connectivity index (χ3v) is 5.88. The number of carbonyl (C=O) groups is 2. The van der Waals surface area contributed by atoms with Crippen LogP contribution in [0, 0.1) is 0 Å². The highest BCUT2D eigenvalue weighted by Crippen LogP contribution is 2.23. The first-order valence-corrected chi connectivity index (χ1v) is 10.9. The van der Waals surface area contributed by atoms with Gasteiger partial charge in [0.2, 0.25) is 0 Å². The minimum absolute atomic E-state index is 0.221. The van der Waals surface area contributed by atoms with E-state index in [1.807, 2.05) is 54.6 Å².